The number of carboxylic acids is 1. The maximum Gasteiger partial charge on any atom is 0.336 e. The highest BCUT2D eigenvalue weighted by Crippen LogP contribution is 2.29. The monoisotopic (exact) mass is 241 g/mol. The lowest BCUT2D eigenvalue weighted by Gasteiger charge is -2.06. The Morgan fingerprint density at radius 2 is 1.78 bits per heavy atom. The lowest BCUT2D eigenvalue weighted by atomic mass is 9.99. The summed E-state index contributed by atoms with van der Waals surface area (Å²) in [5.41, 5.74) is -0.391. The Morgan fingerprint density at radius 3 is 2.50 bits per heavy atom. The summed E-state index contributed by atoms with van der Waals surface area (Å²) in [7, 11) is 0. The van der Waals surface area contributed by atoms with Gasteiger partial charge in [0.25, 0.3) is 0 Å². The Hall–Kier alpha value is -2.55. The zero-order chi connectivity index (χ0) is 15.3. The fourth-order valence-electron chi connectivity index (χ4n) is 1.97. The highest BCUT2D eigenvalue weighted by molar-refractivity contribution is 6.09. The number of aromatic carboxylic acids is 1. The summed E-state index contributed by atoms with van der Waals surface area (Å²) in [5.74, 6) is -2.08. The van der Waals surface area contributed by atoms with Gasteiger partial charge in [0.05, 0.1) is 9.68 Å². The van der Waals surface area contributed by atoms with E-state index in [1.165, 1.54) is 0 Å². The fourth-order valence-corrected chi connectivity index (χ4v) is 1.97. The molecule has 0 unspecified atom stereocenters. The van der Waals surface area contributed by atoms with E-state index in [4.69, 9.17) is 4.11 Å². The summed E-state index contributed by atoms with van der Waals surface area (Å²) in [4.78, 5) is 11.4. The van der Waals surface area contributed by atoms with Crippen LogP contribution in [0.5, 0.6) is 5.75 Å². The van der Waals surface area contributed by atoms with Gasteiger partial charge in [-0.25, -0.2) is 4.79 Å². The van der Waals surface area contributed by atoms with Gasteiger partial charge < -0.3 is 10.2 Å². The molecule has 0 heterocycles. The zero-order valence-electron chi connectivity index (χ0n) is 12.2. The van der Waals surface area contributed by atoms with Gasteiger partial charge in [0.15, 0.2) is 0 Å². The summed E-state index contributed by atoms with van der Waals surface area (Å²) < 4.78 is 23.8. The summed E-state index contributed by atoms with van der Waals surface area (Å²) in [6.07, 6.45) is 0. The van der Waals surface area contributed by atoms with E-state index < -0.39 is 29.4 Å². The van der Waals surface area contributed by atoms with Crippen LogP contribution in [0.15, 0.2) is 48.5 Å². The van der Waals surface area contributed by atoms with Crippen LogP contribution in [0.1, 0.15) is 14.5 Å². The normalized spacial score (nSPS) is 13.2. The second kappa shape index (κ2) is 3.74. The third-order valence-electron chi connectivity index (χ3n) is 2.76. The van der Waals surface area contributed by atoms with Crippen molar-refractivity contribution in [3.05, 3.63) is 54.0 Å². The Kier molecular flexibility index (Phi) is 1.60. The van der Waals surface area contributed by atoms with Crippen molar-refractivity contribution in [3.63, 3.8) is 0 Å². The third-order valence-corrected chi connectivity index (χ3v) is 2.76. The molecule has 0 aliphatic heterocycles. The molecule has 3 nitrogen and oxygen atoms in total. The number of carbonyl (C=O) groups is 1. The van der Waals surface area contributed by atoms with Crippen molar-refractivity contribution in [1.29, 1.82) is 0 Å². The molecule has 88 valence electrons. The number of benzene rings is 3. The van der Waals surface area contributed by atoms with Gasteiger partial charge in [0.1, 0.15) is 5.75 Å². The highest BCUT2D eigenvalue weighted by atomic mass is 16.4. The summed E-state index contributed by atoms with van der Waals surface area (Å²) in [5, 5.41) is 20.5. The minimum absolute atomic E-state index is 0.0223. The van der Waals surface area contributed by atoms with E-state index in [1.54, 1.807) is 30.3 Å². The van der Waals surface area contributed by atoms with Gasteiger partial charge in [-0.1, -0.05) is 24.3 Å². The Bertz CT molecular complexity index is 919. The van der Waals surface area contributed by atoms with Crippen LogP contribution < -0.4 is 0 Å². The topological polar surface area (TPSA) is 57.5 Å². The summed E-state index contributed by atoms with van der Waals surface area (Å²) in [6, 6.07) is 7.46. The van der Waals surface area contributed by atoms with Crippen LogP contribution in [0.2, 0.25) is 0 Å². The van der Waals surface area contributed by atoms with Gasteiger partial charge in [-0.05, 0) is 45.7 Å². The van der Waals surface area contributed by atoms with Crippen molar-refractivity contribution in [3.8, 4) is 5.75 Å². The molecule has 0 saturated heterocycles. The molecule has 0 amide bonds. The molecule has 0 fully saturated rings. The standard InChI is InChI=1S/C15H10O3/c16-12-6-11-5-9-3-1-2-4-10(9)7-13(11)14(8-12)15(17)18/h1-8,16H,(H,17,18)/i5D,6D,8D. The molecule has 3 rings (SSSR count). The Balaban J connectivity index is 2.68. The smallest absolute Gasteiger partial charge is 0.336 e. The molecular formula is C15H10O3. The molecule has 0 spiro atoms. The third kappa shape index (κ3) is 1.57. The van der Waals surface area contributed by atoms with Gasteiger partial charge in [-0.3, -0.25) is 0 Å². The molecule has 0 radical (unpaired) electrons. The van der Waals surface area contributed by atoms with Crippen molar-refractivity contribution in [1.82, 2.24) is 0 Å². The summed E-state index contributed by atoms with van der Waals surface area (Å²) >= 11 is 0. The molecule has 3 heteroatoms. The lowest BCUT2D eigenvalue weighted by molar-refractivity contribution is 0.0698. The van der Waals surface area contributed by atoms with Crippen molar-refractivity contribution in [2.24, 2.45) is 0 Å². The first kappa shape index (κ1) is 7.71. The van der Waals surface area contributed by atoms with Crippen molar-refractivity contribution >= 4 is 27.5 Å². The second-order valence-electron chi connectivity index (χ2n) is 3.92. The van der Waals surface area contributed by atoms with Crippen LogP contribution in [-0.4, -0.2) is 16.2 Å². The fraction of sp³-hybridized carbons (Fsp3) is 0. The Labute approximate surface area is 107 Å². The van der Waals surface area contributed by atoms with Gasteiger partial charge in [0, 0.05) is 0 Å². The van der Waals surface area contributed by atoms with Crippen LogP contribution in [0, 0.1) is 0 Å². The molecule has 0 aromatic heterocycles. The van der Waals surface area contributed by atoms with Crippen molar-refractivity contribution < 1.29 is 19.1 Å². The van der Waals surface area contributed by atoms with E-state index in [0.717, 1.165) is 0 Å². The van der Waals surface area contributed by atoms with Crippen molar-refractivity contribution in [2.45, 2.75) is 0 Å². The highest BCUT2D eigenvalue weighted by Gasteiger charge is 2.11. The minimum Gasteiger partial charge on any atom is -0.508 e. The molecular weight excluding hydrogens is 228 g/mol. The number of hydrogen-bond donors (Lipinski definition) is 2. The van der Waals surface area contributed by atoms with Crippen LogP contribution in [0.25, 0.3) is 21.5 Å². The van der Waals surface area contributed by atoms with E-state index in [-0.39, 0.29) is 16.8 Å². The predicted molar refractivity (Wildman–Crippen MR) is 70.1 cm³/mol. The maximum atomic E-state index is 11.4. The SMILES string of the molecule is [2H]c1c(O)c([2H])c2c([2H])c3ccccc3cc2c1C(=O)O. The first-order chi connectivity index (χ1) is 9.93. The molecule has 0 saturated carbocycles. The minimum atomic E-state index is -1.37. The number of rotatable bonds is 1. The average molecular weight is 241 g/mol. The quantitative estimate of drug-likeness (QED) is 0.642. The number of phenols is 1. The molecule has 0 atom stereocenters. The maximum absolute atomic E-state index is 11.4. The molecule has 3 aromatic rings. The van der Waals surface area contributed by atoms with Crippen LogP contribution in [0.3, 0.4) is 0 Å². The van der Waals surface area contributed by atoms with Crippen molar-refractivity contribution in [2.75, 3.05) is 0 Å². The van der Waals surface area contributed by atoms with Crippen LogP contribution >= 0.6 is 0 Å². The molecule has 0 aliphatic rings. The van der Waals surface area contributed by atoms with Gasteiger partial charge >= 0.3 is 5.97 Å². The molecule has 2 N–H and O–H groups in total. The Morgan fingerprint density at radius 1 is 1.06 bits per heavy atom. The molecule has 0 bridgehead atoms. The molecule has 3 aromatic carbocycles. The largest absolute Gasteiger partial charge is 0.508 e. The molecule has 0 aliphatic carbocycles. The number of phenolic OH excluding ortho intramolecular Hbond substituents is 1. The number of fused-ring (bicyclic) bond motifs is 2. The number of hydrogen-bond acceptors (Lipinski definition) is 2. The van der Waals surface area contributed by atoms with E-state index in [0.29, 0.717) is 10.8 Å². The van der Waals surface area contributed by atoms with E-state index in [1.807, 2.05) is 0 Å². The van der Waals surface area contributed by atoms with E-state index >= 15 is 0 Å². The van der Waals surface area contributed by atoms with Gasteiger partial charge in [-0.2, -0.15) is 0 Å². The predicted octanol–water partition coefficient (Wildman–Crippen LogP) is 3.40. The zero-order valence-corrected chi connectivity index (χ0v) is 9.19. The lowest BCUT2D eigenvalue weighted by Crippen LogP contribution is -1.97. The van der Waals surface area contributed by atoms with Crippen LogP contribution in [-0.2, 0) is 0 Å². The van der Waals surface area contributed by atoms with Gasteiger partial charge in [0.2, 0.25) is 0 Å². The molecule has 18 heavy (non-hydrogen) atoms. The summed E-state index contributed by atoms with van der Waals surface area (Å²) in [6.45, 7) is 0. The van der Waals surface area contributed by atoms with E-state index in [2.05, 4.69) is 0 Å². The first-order valence-corrected chi connectivity index (χ1v) is 5.31. The van der Waals surface area contributed by atoms with Crippen LogP contribution in [0.4, 0.5) is 0 Å². The number of aromatic hydroxyl groups is 1. The number of carboxylic acid groups (broad SMARTS) is 1. The van der Waals surface area contributed by atoms with Gasteiger partial charge in [-0.15, -0.1) is 0 Å². The second-order valence-corrected chi connectivity index (χ2v) is 3.92. The van der Waals surface area contributed by atoms with E-state index in [9.17, 15) is 15.0 Å². The first-order valence-electron chi connectivity index (χ1n) is 6.81. The average Bonchev–Trinajstić information content (AvgIpc) is 2.45.